The molecular formula is C14H12N2O4. The summed E-state index contributed by atoms with van der Waals surface area (Å²) < 4.78 is 0. The average molecular weight is 272 g/mol. The first-order valence-electron chi connectivity index (χ1n) is 6.02. The van der Waals surface area contributed by atoms with E-state index in [0.717, 1.165) is 4.90 Å². The molecule has 6 nitrogen and oxygen atoms in total. The Morgan fingerprint density at radius 1 is 1.40 bits per heavy atom. The van der Waals surface area contributed by atoms with Gasteiger partial charge in [0.2, 0.25) is 0 Å². The number of non-ortho nitro benzene ring substituents is 1. The van der Waals surface area contributed by atoms with E-state index in [1.807, 2.05) is 0 Å². The van der Waals surface area contributed by atoms with E-state index in [9.17, 15) is 19.7 Å². The van der Waals surface area contributed by atoms with Crippen LogP contribution < -0.4 is 0 Å². The Bertz CT molecular complexity index is 619. The van der Waals surface area contributed by atoms with Gasteiger partial charge in [0, 0.05) is 24.8 Å². The van der Waals surface area contributed by atoms with Gasteiger partial charge >= 0.3 is 0 Å². The summed E-state index contributed by atoms with van der Waals surface area (Å²) >= 11 is 0. The van der Waals surface area contributed by atoms with Gasteiger partial charge in [-0.3, -0.25) is 24.6 Å². The van der Waals surface area contributed by atoms with Crippen LogP contribution in [0.1, 0.15) is 12.0 Å². The second kappa shape index (κ2) is 5.92. The third kappa shape index (κ3) is 3.17. The average Bonchev–Trinajstić information content (AvgIpc) is 2.45. The number of imide groups is 1. The molecule has 0 unspecified atom stereocenters. The van der Waals surface area contributed by atoms with Crippen molar-refractivity contribution in [3.8, 4) is 0 Å². The number of rotatable bonds is 3. The Kier molecular flexibility index (Phi) is 4.05. The summed E-state index contributed by atoms with van der Waals surface area (Å²) in [5.41, 5.74) is 0.490. The van der Waals surface area contributed by atoms with E-state index < -0.39 is 10.8 Å². The van der Waals surface area contributed by atoms with Crippen LogP contribution in [0.2, 0.25) is 0 Å². The molecule has 0 spiro atoms. The lowest BCUT2D eigenvalue weighted by molar-refractivity contribution is -0.384. The molecule has 1 aliphatic rings. The SMILES string of the molecule is O=C1C=CCCN1C(=O)/C=C/c1cccc([N+](=O)[O-])c1. The van der Waals surface area contributed by atoms with Crippen LogP contribution in [0, 0.1) is 10.1 Å². The number of benzene rings is 1. The predicted molar refractivity (Wildman–Crippen MR) is 72.6 cm³/mol. The molecule has 102 valence electrons. The smallest absolute Gasteiger partial charge is 0.270 e. The molecule has 1 aromatic carbocycles. The van der Waals surface area contributed by atoms with Gasteiger partial charge in [0.1, 0.15) is 0 Å². The maximum atomic E-state index is 11.9. The summed E-state index contributed by atoms with van der Waals surface area (Å²) in [6.07, 6.45) is 6.43. The van der Waals surface area contributed by atoms with Gasteiger partial charge in [-0.1, -0.05) is 18.2 Å². The van der Waals surface area contributed by atoms with Crippen molar-refractivity contribution >= 4 is 23.6 Å². The lowest BCUT2D eigenvalue weighted by Gasteiger charge is -2.19. The highest BCUT2D eigenvalue weighted by atomic mass is 16.6. The maximum Gasteiger partial charge on any atom is 0.270 e. The van der Waals surface area contributed by atoms with Crippen molar-refractivity contribution in [2.24, 2.45) is 0 Å². The van der Waals surface area contributed by atoms with E-state index >= 15 is 0 Å². The number of hydrogen-bond acceptors (Lipinski definition) is 4. The minimum atomic E-state index is -0.502. The van der Waals surface area contributed by atoms with E-state index in [2.05, 4.69) is 0 Å². The first-order valence-corrected chi connectivity index (χ1v) is 6.02. The zero-order valence-corrected chi connectivity index (χ0v) is 10.6. The molecule has 0 radical (unpaired) electrons. The second-order valence-corrected chi connectivity index (χ2v) is 4.20. The molecule has 20 heavy (non-hydrogen) atoms. The van der Waals surface area contributed by atoms with E-state index in [4.69, 9.17) is 0 Å². The van der Waals surface area contributed by atoms with E-state index in [-0.39, 0.29) is 11.6 Å². The standard InChI is InChI=1S/C14H12N2O4/c17-13-6-1-2-9-15(13)14(18)8-7-11-4-3-5-12(10-11)16(19)20/h1,3-8,10H,2,9H2/b8-7+. The fourth-order valence-electron chi connectivity index (χ4n) is 1.81. The molecule has 0 aromatic heterocycles. The molecule has 2 amide bonds. The number of carbonyl (C=O) groups excluding carboxylic acids is 2. The summed E-state index contributed by atoms with van der Waals surface area (Å²) in [7, 11) is 0. The summed E-state index contributed by atoms with van der Waals surface area (Å²) in [5, 5.41) is 10.6. The number of carbonyl (C=O) groups is 2. The second-order valence-electron chi connectivity index (χ2n) is 4.20. The van der Waals surface area contributed by atoms with Crippen molar-refractivity contribution in [2.75, 3.05) is 6.54 Å². The number of nitro benzene ring substituents is 1. The van der Waals surface area contributed by atoms with E-state index in [1.165, 1.54) is 36.4 Å². The van der Waals surface area contributed by atoms with Gasteiger partial charge in [0.25, 0.3) is 17.5 Å². The van der Waals surface area contributed by atoms with Crippen LogP contribution in [0.4, 0.5) is 5.69 Å². The Balaban J connectivity index is 2.11. The van der Waals surface area contributed by atoms with Crippen LogP contribution >= 0.6 is 0 Å². The molecule has 0 saturated carbocycles. The first-order chi connectivity index (χ1) is 9.58. The Morgan fingerprint density at radius 2 is 2.20 bits per heavy atom. The number of hydrogen-bond donors (Lipinski definition) is 0. The van der Waals surface area contributed by atoms with Crippen molar-refractivity contribution in [3.63, 3.8) is 0 Å². The lowest BCUT2D eigenvalue weighted by Crippen LogP contribution is -2.37. The third-order valence-electron chi connectivity index (χ3n) is 2.81. The fourth-order valence-corrected chi connectivity index (χ4v) is 1.81. The maximum absolute atomic E-state index is 11.9. The van der Waals surface area contributed by atoms with Crippen LogP contribution in [0.25, 0.3) is 6.08 Å². The number of amides is 2. The van der Waals surface area contributed by atoms with Gasteiger partial charge < -0.3 is 0 Å². The van der Waals surface area contributed by atoms with Gasteiger partial charge in [-0.05, 0) is 24.1 Å². The van der Waals surface area contributed by atoms with Crippen LogP contribution in [-0.4, -0.2) is 28.2 Å². The van der Waals surface area contributed by atoms with E-state index in [0.29, 0.717) is 18.5 Å². The largest absolute Gasteiger partial charge is 0.275 e. The summed E-state index contributed by atoms with van der Waals surface area (Å²) in [6.45, 7) is 0.355. The molecule has 1 aliphatic heterocycles. The molecule has 0 aliphatic carbocycles. The molecule has 6 heteroatoms. The lowest BCUT2D eigenvalue weighted by atomic mass is 10.2. The van der Waals surface area contributed by atoms with Gasteiger partial charge in [-0.2, -0.15) is 0 Å². The Morgan fingerprint density at radius 3 is 2.90 bits per heavy atom. The highest BCUT2D eigenvalue weighted by molar-refractivity contribution is 6.06. The van der Waals surface area contributed by atoms with Gasteiger partial charge in [-0.25, -0.2) is 0 Å². The zero-order valence-electron chi connectivity index (χ0n) is 10.6. The molecule has 0 fully saturated rings. The van der Waals surface area contributed by atoms with Crippen molar-refractivity contribution in [2.45, 2.75) is 6.42 Å². The van der Waals surface area contributed by atoms with Crippen molar-refractivity contribution < 1.29 is 14.5 Å². The predicted octanol–water partition coefficient (Wildman–Crippen LogP) is 1.92. The summed E-state index contributed by atoms with van der Waals surface area (Å²) in [6, 6.07) is 5.92. The van der Waals surface area contributed by atoms with Crippen LogP contribution in [0.3, 0.4) is 0 Å². The molecule has 1 aromatic rings. The minimum absolute atomic E-state index is 0.0448. The molecule has 0 bridgehead atoms. The molecule has 1 heterocycles. The Hall–Kier alpha value is -2.76. The van der Waals surface area contributed by atoms with Gasteiger partial charge in [0.15, 0.2) is 0 Å². The highest BCUT2D eigenvalue weighted by Crippen LogP contribution is 2.14. The normalized spacial score (nSPS) is 14.8. The number of nitro groups is 1. The quantitative estimate of drug-likeness (QED) is 0.478. The van der Waals surface area contributed by atoms with Gasteiger partial charge in [-0.15, -0.1) is 0 Å². The monoisotopic (exact) mass is 272 g/mol. The van der Waals surface area contributed by atoms with E-state index in [1.54, 1.807) is 12.1 Å². The zero-order chi connectivity index (χ0) is 14.5. The summed E-state index contributed by atoms with van der Waals surface area (Å²) in [4.78, 5) is 34.6. The van der Waals surface area contributed by atoms with Crippen LogP contribution in [-0.2, 0) is 9.59 Å². The van der Waals surface area contributed by atoms with Crippen molar-refractivity contribution in [1.82, 2.24) is 4.90 Å². The van der Waals surface area contributed by atoms with Crippen LogP contribution in [0.15, 0.2) is 42.5 Å². The number of nitrogens with zero attached hydrogens (tertiary/aromatic N) is 2. The van der Waals surface area contributed by atoms with Gasteiger partial charge in [0.05, 0.1) is 4.92 Å². The highest BCUT2D eigenvalue weighted by Gasteiger charge is 2.18. The van der Waals surface area contributed by atoms with Crippen molar-refractivity contribution in [3.05, 3.63) is 58.2 Å². The van der Waals surface area contributed by atoms with Crippen LogP contribution in [0.5, 0.6) is 0 Å². The first kappa shape index (κ1) is 13.7. The van der Waals surface area contributed by atoms with Crippen molar-refractivity contribution in [1.29, 1.82) is 0 Å². The molecule has 0 N–H and O–H groups in total. The molecular weight excluding hydrogens is 260 g/mol. The Labute approximate surface area is 115 Å². The minimum Gasteiger partial charge on any atom is -0.275 e. The molecule has 0 atom stereocenters. The fraction of sp³-hybridized carbons (Fsp3) is 0.143. The summed E-state index contributed by atoms with van der Waals surface area (Å²) in [5.74, 6) is -0.768. The molecule has 0 saturated heterocycles. The molecule has 2 rings (SSSR count). The third-order valence-corrected chi connectivity index (χ3v) is 2.81. The topological polar surface area (TPSA) is 80.5 Å².